The van der Waals surface area contributed by atoms with E-state index in [4.69, 9.17) is 19.9 Å². The summed E-state index contributed by atoms with van der Waals surface area (Å²) < 4.78 is 2.53. The van der Waals surface area contributed by atoms with E-state index >= 15 is 0 Å². The predicted molar refractivity (Wildman–Crippen MR) is 248 cm³/mol. The number of thiophene rings is 1. The topological polar surface area (TPSA) is 51.6 Å². The third kappa shape index (κ3) is 5.66. The number of hydrogen-bond acceptors (Lipinski definition) is 5. The van der Waals surface area contributed by atoms with Crippen molar-refractivity contribution in [1.29, 1.82) is 0 Å². The van der Waals surface area contributed by atoms with E-state index in [2.05, 4.69) is 194 Å². The van der Waals surface area contributed by atoms with Gasteiger partial charge >= 0.3 is 0 Å². The zero-order valence-electron chi connectivity index (χ0n) is 31.7. The van der Waals surface area contributed by atoms with Gasteiger partial charge in [0.25, 0.3) is 0 Å². The molecule has 0 amide bonds. The Balaban J connectivity index is 0.998. The largest absolute Gasteiger partial charge is 0.247 e. The summed E-state index contributed by atoms with van der Waals surface area (Å²) in [5.74, 6) is 1.93. The molecular formula is C54H32N4S. The minimum atomic E-state index is 0.638. The molecule has 0 N–H and O–H groups in total. The summed E-state index contributed by atoms with van der Waals surface area (Å²) in [4.78, 5) is 20.5. The molecule has 9 aromatic carbocycles. The van der Waals surface area contributed by atoms with Gasteiger partial charge in [-0.15, -0.1) is 11.3 Å². The van der Waals surface area contributed by atoms with Gasteiger partial charge < -0.3 is 0 Å². The highest BCUT2D eigenvalue weighted by molar-refractivity contribution is 7.26. The lowest BCUT2D eigenvalue weighted by atomic mass is 9.95. The lowest BCUT2D eigenvalue weighted by Gasteiger charge is -2.12. The smallest absolute Gasteiger partial charge is 0.164 e. The molecule has 0 bridgehead atoms. The second kappa shape index (κ2) is 13.5. The molecule has 0 spiro atoms. The van der Waals surface area contributed by atoms with Crippen LogP contribution >= 0.6 is 11.3 Å². The zero-order chi connectivity index (χ0) is 38.9. The quantitative estimate of drug-likeness (QED) is 0.164. The van der Waals surface area contributed by atoms with Crippen LogP contribution < -0.4 is 0 Å². The minimum absolute atomic E-state index is 0.638. The van der Waals surface area contributed by atoms with Crippen LogP contribution in [-0.2, 0) is 0 Å². The first-order valence-corrected chi connectivity index (χ1v) is 20.6. The molecule has 12 rings (SSSR count). The molecule has 3 heterocycles. The molecule has 59 heavy (non-hydrogen) atoms. The van der Waals surface area contributed by atoms with Crippen LogP contribution in [0, 0.1) is 0 Å². The molecule has 0 aliphatic heterocycles. The molecular weight excluding hydrogens is 737 g/mol. The first-order chi connectivity index (χ1) is 29.2. The van der Waals surface area contributed by atoms with E-state index < -0.39 is 0 Å². The van der Waals surface area contributed by atoms with Gasteiger partial charge in [0.05, 0.1) is 11.2 Å². The fourth-order valence-corrected chi connectivity index (χ4v) is 9.84. The number of aromatic nitrogens is 4. The zero-order valence-corrected chi connectivity index (χ0v) is 32.5. The van der Waals surface area contributed by atoms with Crippen LogP contribution in [0.15, 0.2) is 194 Å². The summed E-state index contributed by atoms with van der Waals surface area (Å²) in [6.45, 7) is 0. The van der Waals surface area contributed by atoms with Crippen LogP contribution in [0.4, 0.5) is 0 Å². The van der Waals surface area contributed by atoms with Gasteiger partial charge in [0.2, 0.25) is 0 Å². The van der Waals surface area contributed by atoms with Crippen LogP contribution in [0.2, 0.25) is 0 Å². The Hall–Kier alpha value is -7.60. The molecule has 0 unspecified atom stereocenters. The molecule has 0 radical (unpaired) electrons. The molecule has 0 aliphatic carbocycles. The van der Waals surface area contributed by atoms with Crippen molar-refractivity contribution >= 4 is 74.7 Å². The maximum Gasteiger partial charge on any atom is 0.164 e. The van der Waals surface area contributed by atoms with Crippen molar-refractivity contribution < 1.29 is 0 Å². The summed E-state index contributed by atoms with van der Waals surface area (Å²) in [6.07, 6.45) is 0. The summed E-state index contributed by atoms with van der Waals surface area (Å²) in [7, 11) is 0. The number of nitrogens with zero attached hydrogens (tertiary/aromatic N) is 4. The van der Waals surface area contributed by atoms with Crippen LogP contribution in [-0.4, -0.2) is 19.9 Å². The summed E-state index contributed by atoms with van der Waals surface area (Å²) in [6, 6.07) is 68.6. The fraction of sp³-hybridized carbons (Fsp3) is 0. The second-order valence-electron chi connectivity index (χ2n) is 15.0. The number of hydrogen-bond donors (Lipinski definition) is 0. The van der Waals surface area contributed by atoms with Crippen molar-refractivity contribution in [1.82, 2.24) is 19.9 Å². The highest BCUT2D eigenvalue weighted by atomic mass is 32.1. The van der Waals surface area contributed by atoms with Gasteiger partial charge in [0.15, 0.2) is 17.5 Å². The molecule has 5 heteroatoms. The number of fused-ring (bicyclic) bond motifs is 9. The summed E-state index contributed by atoms with van der Waals surface area (Å²) in [5.41, 5.74) is 8.32. The molecule has 12 aromatic rings. The highest BCUT2D eigenvalue weighted by Crippen LogP contribution is 2.46. The van der Waals surface area contributed by atoms with Crippen LogP contribution in [0.3, 0.4) is 0 Å². The van der Waals surface area contributed by atoms with Crippen LogP contribution in [0.5, 0.6) is 0 Å². The van der Waals surface area contributed by atoms with E-state index in [1.165, 1.54) is 52.7 Å². The van der Waals surface area contributed by atoms with Gasteiger partial charge in [-0.3, -0.25) is 0 Å². The standard InChI is InChI=1S/C54H32N4S/c1-2-13-36(14-3-1)50-44-29-30-47-49(48(44)43-17-8-9-20-46(43)55-50)45-19-10-18-42(51(45)59-47)35-23-25-37(26-24-35)52-56-53(40-27-21-33-11-4-6-15-38(33)31-40)58-54(57-52)41-28-22-34-12-5-7-16-39(34)32-41/h1-32H. The third-order valence-electron chi connectivity index (χ3n) is 11.5. The maximum absolute atomic E-state index is 5.20. The van der Waals surface area contributed by atoms with Gasteiger partial charge in [-0.25, -0.2) is 19.9 Å². The number of para-hydroxylation sites is 1. The van der Waals surface area contributed by atoms with Crippen molar-refractivity contribution in [2.24, 2.45) is 0 Å². The molecule has 0 saturated heterocycles. The van der Waals surface area contributed by atoms with Crippen LogP contribution in [0.1, 0.15) is 0 Å². The summed E-state index contributed by atoms with van der Waals surface area (Å²) in [5, 5.41) is 10.8. The molecule has 3 aromatic heterocycles. The lowest BCUT2D eigenvalue weighted by Crippen LogP contribution is -2.00. The maximum atomic E-state index is 5.20. The van der Waals surface area contributed by atoms with Crippen LogP contribution in [0.25, 0.3) is 120 Å². The molecule has 4 nitrogen and oxygen atoms in total. The Kier molecular flexibility index (Phi) is 7.68. The van der Waals surface area contributed by atoms with Crippen molar-refractivity contribution in [3.8, 4) is 56.5 Å². The Morgan fingerprint density at radius 3 is 1.58 bits per heavy atom. The molecule has 0 atom stereocenters. The predicted octanol–water partition coefficient (Wildman–Crippen LogP) is 14.6. The SMILES string of the molecule is c1ccc(-c2nc3ccccc3c3c2ccc2sc4c(-c5ccc(-c6nc(-c7ccc8ccccc8c7)nc(-c7ccc8ccccc8c7)n6)cc5)cccc4c23)cc1. The Morgan fingerprint density at radius 1 is 0.322 bits per heavy atom. The molecule has 274 valence electrons. The fourth-order valence-electron chi connectivity index (χ4n) is 8.59. The normalized spacial score (nSPS) is 11.7. The number of pyridine rings is 1. The highest BCUT2D eigenvalue weighted by Gasteiger charge is 2.19. The van der Waals surface area contributed by atoms with Crippen molar-refractivity contribution in [3.63, 3.8) is 0 Å². The van der Waals surface area contributed by atoms with E-state index in [0.29, 0.717) is 17.5 Å². The Morgan fingerprint density at radius 2 is 0.881 bits per heavy atom. The van der Waals surface area contributed by atoms with Gasteiger partial charge in [0.1, 0.15) is 0 Å². The Labute approximate surface area is 343 Å². The van der Waals surface area contributed by atoms with E-state index in [-0.39, 0.29) is 0 Å². The molecule has 0 fully saturated rings. The minimum Gasteiger partial charge on any atom is -0.247 e. The van der Waals surface area contributed by atoms with Gasteiger partial charge in [0, 0.05) is 58.6 Å². The second-order valence-corrected chi connectivity index (χ2v) is 16.0. The molecule has 0 saturated carbocycles. The Bertz CT molecular complexity index is 3510. The summed E-state index contributed by atoms with van der Waals surface area (Å²) >= 11 is 1.86. The molecule has 0 aliphatic rings. The van der Waals surface area contributed by atoms with E-state index in [1.54, 1.807) is 0 Å². The van der Waals surface area contributed by atoms with E-state index in [9.17, 15) is 0 Å². The average molecular weight is 769 g/mol. The van der Waals surface area contributed by atoms with Crippen molar-refractivity contribution in [2.75, 3.05) is 0 Å². The number of benzene rings is 9. The monoisotopic (exact) mass is 768 g/mol. The number of rotatable bonds is 5. The van der Waals surface area contributed by atoms with Crippen molar-refractivity contribution in [2.45, 2.75) is 0 Å². The van der Waals surface area contributed by atoms with E-state index in [0.717, 1.165) is 49.8 Å². The first kappa shape index (κ1) is 33.5. The van der Waals surface area contributed by atoms with Crippen molar-refractivity contribution in [3.05, 3.63) is 194 Å². The van der Waals surface area contributed by atoms with E-state index in [1.807, 2.05) is 11.3 Å². The van der Waals surface area contributed by atoms with Gasteiger partial charge in [-0.2, -0.15) is 0 Å². The average Bonchev–Trinajstić information content (AvgIpc) is 3.70. The first-order valence-electron chi connectivity index (χ1n) is 19.8. The third-order valence-corrected chi connectivity index (χ3v) is 12.7. The lowest BCUT2D eigenvalue weighted by molar-refractivity contribution is 1.08. The van der Waals surface area contributed by atoms with Gasteiger partial charge in [-0.05, 0) is 56.9 Å². The van der Waals surface area contributed by atoms with Gasteiger partial charge in [-0.1, -0.05) is 170 Å².